The van der Waals surface area contributed by atoms with Crippen molar-refractivity contribution < 1.29 is 0 Å². The summed E-state index contributed by atoms with van der Waals surface area (Å²) in [4.78, 5) is 6.85. The van der Waals surface area contributed by atoms with Crippen LogP contribution in [-0.2, 0) is 0 Å². The molecule has 0 bridgehead atoms. The Morgan fingerprint density at radius 1 is 1.31 bits per heavy atom. The molecule has 0 saturated heterocycles. The van der Waals surface area contributed by atoms with Crippen LogP contribution < -0.4 is 0 Å². The number of rotatable bonds is 2. The Hall–Kier alpha value is -1.15. The molecule has 1 aliphatic rings. The number of nitrogens with zero attached hydrogens (tertiary/aromatic N) is 2. The van der Waals surface area contributed by atoms with Crippen LogP contribution in [0.5, 0.6) is 0 Å². The van der Waals surface area contributed by atoms with Crippen molar-refractivity contribution in [3.8, 4) is 0 Å². The lowest BCUT2D eigenvalue weighted by molar-refractivity contribution is 0.370. The van der Waals surface area contributed by atoms with E-state index in [9.17, 15) is 0 Å². The maximum absolute atomic E-state index is 4.52. The summed E-state index contributed by atoms with van der Waals surface area (Å²) < 4.78 is 0. The predicted molar refractivity (Wildman–Crippen MR) is 68.4 cm³/mol. The van der Waals surface area contributed by atoms with E-state index in [1.54, 1.807) is 0 Å². The highest BCUT2D eigenvalue weighted by atomic mass is 15.1. The highest BCUT2D eigenvalue weighted by molar-refractivity contribution is 5.65. The highest BCUT2D eigenvalue weighted by Crippen LogP contribution is 2.22. The summed E-state index contributed by atoms with van der Waals surface area (Å²) in [7, 11) is 2.16. The molecule has 2 rings (SSSR count). The third-order valence-electron chi connectivity index (χ3n) is 3.16. The lowest BCUT2D eigenvalue weighted by Crippen LogP contribution is -2.23. The fourth-order valence-electron chi connectivity index (χ4n) is 1.97. The fraction of sp³-hybridized carbons (Fsp3) is 0.500. The maximum atomic E-state index is 4.52. The second kappa shape index (κ2) is 4.79. The molecule has 0 N–H and O–H groups in total. The van der Waals surface area contributed by atoms with Crippen molar-refractivity contribution in [2.45, 2.75) is 26.2 Å². The second-order valence-corrected chi connectivity index (χ2v) is 4.87. The SMILES string of the molecule is CC(C)c1ccc(C2=CCN(C)CC2)cn1. The van der Waals surface area contributed by atoms with Crippen LogP contribution in [0.2, 0.25) is 0 Å². The van der Waals surface area contributed by atoms with Crippen molar-refractivity contribution in [2.24, 2.45) is 0 Å². The van der Waals surface area contributed by atoms with E-state index in [4.69, 9.17) is 0 Å². The average molecular weight is 216 g/mol. The van der Waals surface area contributed by atoms with Gasteiger partial charge < -0.3 is 4.90 Å². The maximum Gasteiger partial charge on any atom is 0.0429 e. The van der Waals surface area contributed by atoms with Crippen LogP contribution in [0, 0.1) is 0 Å². The summed E-state index contributed by atoms with van der Waals surface area (Å²) in [6.07, 6.45) is 5.47. The quantitative estimate of drug-likeness (QED) is 0.755. The Bertz CT molecular complexity index is 376. The van der Waals surface area contributed by atoms with E-state index in [1.807, 2.05) is 6.20 Å². The minimum Gasteiger partial charge on any atom is -0.302 e. The van der Waals surface area contributed by atoms with Gasteiger partial charge in [-0.05, 0) is 36.6 Å². The number of likely N-dealkylation sites (N-methyl/N-ethyl adjacent to an activating group) is 1. The van der Waals surface area contributed by atoms with Gasteiger partial charge in [0.25, 0.3) is 0 Å². The molecule has 0 radical (unpaired) electrons. The van der Waals surface area contributed by atoms with Gasteiger partial charge in [0, 0.05) is 25.0 Å². The van der Waals surface area contributed by atoms with Crippen LogP contribution in [-0.4, -0.2) is 30.0 Å². The normalized spacial score (nSPS) is 17.6. The Morgan fingerprint density at radius 2 is 2.12 bits per heavy atom. The standard InChI is InChI=1S/C14H20N2/c1-11(2)14-5-4-13(10-15-14)12-6-8-16(3)9-7-12/h4-6,10-11H,7-9H2,1-3H3. The Kier molecular flexibility index (Phi) is 3.39. The molecule has 0 aromatic carbocycles. The molecular weight excluding hydrogens is 196 g/mol. The highest BCUT2D eigenvalue weighted by Gasteiger charge is 2.10. The molecule has 0 spiro atoms. The zero-order chi connectivity index (χ0) is 11.5. The number of pyridine rings is 1. The van der Waals surface area contributed by atoms with Gasteiger partial charge in [0.2, 0.25) is 0 Å². The largest absolute Gasteiger partial charge is 0.302 e. The molecule has 0 unspecified atom stereocenters. The Balaban J connectivity index is 2.16. The molecule has 0 fully saturated rings. The lowest BCUT2D eigenvalue weighted by atomic mass is 10.00. The summed E-state index contributed by atoms with van der Waals surface area (Å²) in [5, 5.41) is 0. The van der Waals surface area contributed by atoms with Crippen LogP contribution >= 0.6 is 0 Å². The molecule has 0 atom stereocenters. The van der Waals surface area contributed by atoms with E-state index in [0.717, 1.165) is 19.5 Å². The Labute approximate surface area is 98.0 Å². The van der Waals surface area contributed by atoms with Gasteiger partial charge in [-0.2, -0.15) is 0 Å². The summed E-state index contributed by atoms with van der Waals surface area (Å²) >= 11 is 0. The van der Waals surface area contributed by atoms with E-state index < -0.39 is 0 Å². The van der Waals surface area contributed by atoms with Gasteiger partial charge >= 0.3 is 0 Å². The molecule has 2 heteroatoms. The van der Waals surface area contributed by atoms with Crippen molar-refractivity contribution in [2.75, 3.05) is 20.1 Å². The lowest BCUT2D eigenvalue weighted by Gasteiger charge is -2.22. The predicted octanol–water partition coefficient (Wildman–Crippen LogP) is 2.92. The molecule has 16 heavy (non-hydrogen) atoms. The molecule has 0 saturated carbocycles. The van der Waals surface area contributed by atoms with E-state index in [2.05, 4.69) is 49.0 Å². The van der Waals surface area contributed by atoms with Crippen LogP contribution in [0.1, 0.15) is 37.4 Å². The van der Waals surface area contributed by atoms with Crippen LogP contribution in [0.4, 0.5) is 0 Å². The van der Waals surface area contributed by atoms with Gasteiger partial charge in [-0.25, -0.2) is 0 Å². The molecule has 1 aromatic rings. The molecule has 2 heterocycles. The molecule has 2 nitrogen and oxygen atoms in total. The van der Waals surface area contributed by atoms with Crippen molar-refractivity contribution in [1.29, 1.82) is 0 Å². The van der Waals surface area contributed by atoms with E-state index in [0.29, 0.717) is 5.92 Å². The van der Waals surface area contributed by atoms with E-state index in [1.165, 1.54) is 16.8 Å². The van der Waals surface area contributed by atoms with Gasteiger partial charge in [-0.3, -0.25) is 4.98 Å². The fourth-order valence-corrected chi connectivity index (χ4v) is 1.97. The van der Waals surface area contributed by atoms with Gasteiger partial charge in [-0.15, -0.1) is 0 Å². The minimum absolute atomic E-state index is 0.514. The van der Waals surface area contributed by atoms with Crippen molar-refractivity contribution in [3.63, 3.8) is 0 Å². The number of hydrogen-bond acceptors (Lipinski definition) is 2. The van der Waals surface area contributed by atoms with Gasteiger partial charge in [0.15, 0.2) is 0 Å². The Morgan fingerprint density at radius 3 is 2.62 bits per heavy atom. The molecule has 1 aliphatic heterocycles. The first kappa shape index (κ1) is 11.3. The molecular formula is C14H20N2. The monoisotopic (exact) mass is 216 g/mol. The third-order valence-corrected chi connectivity index (χ3v) is 3.16. The summed E-state index contributed by atoms with van der Waals surface area (Å²) in [5.74, 6) is 0.514. The summed E-state index contributed by atoms with van der Waals surface area (Å²) in [6, 6.07) is 4.36. The van der Waals surface area contributed by atoms with Crippen LogP contribution in [0.3, 0.4) is 0 Å². The molecule has 1 aromatic heterocycles. The zero-order valence-corrected chi connectivity index (χ0v) is 10.4. The van der Waals surface area contributed by atoms with Crippen molar-refractivity contribution in [1.82, 2.24) is 9.88 Å². The van der Waals surface area contributed by atoms with Gasteiger partial charge in [0.1, 0.15) is 0 Å². The van der Waals surface area contributed by atoms with Gasteiger partial charge in [-0.1, -0.05) is 26.0 Å². The molecule has 0 aliphatic carbocycles. The first-order valence-corrected chi connectivity index (χ1v) is 6.00. The number of aromatic nitrogens is 1. The van der Waals surface area contributed by atoms with Crippen molar-refractivity contribution in [3.05, 3.63) is 35.7 Å². The van der Waals surface area contributed by atoms with E-state index >= 15 is 0 Å². The summed E-state index contributed by atoms with van der Waals surface area (Å²) in [5.41, 5.74) is 3.91. The van der Waals surface area contributed by atoms with Gasteiger partial charge in [0.05, 0.1) is 0 Å². The number of hydrogen-bond donors (Lipinski definition) is 0. The second-order valence-electron chi connectivity index (χ2n) is 4.87. The molecule has 86 valence electrons. The minimum atomic E-state index is 0.514. The van der Waals surface area contributed by atoms with Crippen LogP contribution in [0.25, 0.3) is 5.57 Å². The zero-order valence-electron chi connectivity index (χ0n) is 10.4. The third kappa shape index (κ3) is 2.50. The average Bonchev–Trinajstić information content (AvgIpc) is 2.30. The molecule has 0 amide bonds. The first-order valence-electron chi connectivity index (χ1n) is 6.00. The topological polar surface area (TPSA) is 16.1 Å². The van der Waals surface area contributed by atoms with E-state index in [-0.39, 0.29) is 0 Å². The summed E-state index contributed by atoms with van der Waals surface area (Å²) in [6.45, 7) is 6.56. The smallest absolute Gasteiger partial charge is 0.0429 e. The first-order chi connectivity index (χ1) is 7.66. The van der Waals surface area contributed by atoms with Crippen LogP contribution in [0.15, 0.2) is 24.4 Å². The van der Waals surface area contributed by atoms with Crippen molar-refractivity contribution >= 4 is 5.57 Å².